The van der Waals surface area contributed by atoms with Crippen molar-refractivity contribution in [3.05, 3.63) is 41.9 Å². The van der Waals surface area contributed by atoms with E-state index in [4.69, 9.17) is 0 Å². The lowest BCUT2D eigenvalue weighted by Crippen LogP contribution is -2.15. The number of hydrogen-bond acceptors (Lipinski definition) is 3. The highest BCUT2D eigenvalue weighted by Gasteiger charge is 2.19. The average molecular weight is 228 g/mol. The van der Waals surface area contributed by atoms with Gasteiger partial charge in [-0.05, 0) is 43.5 Å². The summed E-state index contributed by atoms with van der Waals surface area (Å²) >= 11 is 0. The van der Waals surface area contributed by atoms with Crippen LogP contribution in [0.25, 0.3) is 5.82 Å². The van der Waals surface area contributed by atoms with E-state index in [2.05, 4.69) is 27.5 Å². The summed E-state index contributed by atoms with van der Waals surface area (Å²) in [5, 5.41) is 7.86. The van der Waals surface area contributed by atoms with Gasteiger partial charge >= 0.3 is 0 Å². The van der Waals surface area contributed by atoms with Crippen molar-refractivity contribution in [1.82, 2.24) is 20.1 Å². The standard InChI is InChI=1S/C13H16N4/c1-10-5-7-17(16-10)13-8-11(4-6-14-13)9-15-12-2-3-12/h4-8,12,15H,2-3,9H2,1H3. The lowest BCUT2D eigenvalue weighted by molar-refractivity contribution is 0.685. The first-order valence-corrected chi connectivity index (χ1v) is 6.02. The molecule has 1 aliphatic rings. The summed E-state index contributed by atoms with van der Waals surface area (Å²) in [7, 11) is 0. The van der Waals surface area contributed by atoms with Crippen molar-refractivity contribution in [1.29, 1.82) is 0 Å². The topological polar surface area (TPSA) is 42.7 Å². The first kappa shape index (κ1) is 10.5. The lowest BCUT2D eigenvalue weighted by atomic mass is 10.2. The SMILES string of the molecule is Cc1ccn(-c2cc(CNC3CC3)ccn2)n1. The molecule has 0 spiro atoms. The normalized spacial score (nSPS) is 15.1. The van der Waals surface area contributed by atoms with Gasteiger partial charge in [-0.25, -0.2) is 9.67 Å². The molecular weight excluding hydrogens is 212 g/mol. The number of hydrogen-bond donors (Lipinski definition) is 1. The Morgan fingerprint density at radius 1 is 1.41 bits per heavy atom. The summed E-state index contributed by atoms with van der Waals surface area (Å²) in [4.78, 5) is 4.34. The van der Waals surface area contributed by atoms with Crippen LogP contribution in [0.15, 0.2) is 30.6 Å². The van der Waals surface area contributed by atoms with Crippen molar-refractivity contribution in [2.45, 2.75) is 32.4 Å². The number of nitrogens with zero attached hydrogens (tertiary/aromatic N) is 3. The molecule has 0 radical (unpaired) electrons. The molecule has 3 rings (SSSR count). The molecule has 88 valence electrons. The van der Waals surface area contributed by atoms with Gasteiger partial charge in [0.15, 0.2) is 5.82 Å². The molecule has 0 saturated heterocycles. The van der Waals surface area contributed by atoms with Crippen molar-refractivity contribution in [2.75, 3.05) is 0 Å². The molecule has 4 nitrogen and oxygen atoms in total. The summed E-state index contributed by atoms with van der Waals surface area (Å²) < 4.78 is 1.82. The summed E-state index contributed by atoms with van der Waals surface area (Å²) in [6.07, 6.45) is 6.42. The average Bonchev–Trinajstić information content (AvgIpc) is 3.08. The van der Waals surface area contributed by atoms with E-state index >= 15 is 0 Å². The van der Waals surface area contributed by atoms with Gasteiger partial charge in [0, 0.05) is 25.0 Å². The van der Waals surface area contributed by atoms with Gasteiger partial charge in [0.25, 0.3) is 0 Å². The van der Waals surface area contributed by atoms with Crippen LogP contribution >= 0.6 is 0 Å². The number of pyridine rings is 1. The predicted octanol–water partition coefficient (Wildman–Crippen LogP) is 1.83. The molecule has 2 aromatic rings. The molecule has 4 heteroatoms. The Labute approximate surface area is 101 Å². The van der Waals surface area contributed by atoms with Crippen LogP contribution in [0.3, 0.4) is 0 Å². The van der Waals surface area contributed by atoms with Crippen LogP contribution in [-0.2, 0) is 6.54 Å². The Morgan fingerprint density at radius 3 is 3.00 bits per heavy atom. The third-order valence-corrected chi connectivity index (χ3v) is 2.94. The van der Waals surface area contributed by atoms with E-state index < -0.39 is 0 Å². The van der Waals surface area contributed by atoms with Crippen LogP contribution in [0.4, 0.5) is 0 Å². The molecule has 1 saturated carbocycles. The molecule has 0 aromatic carbocycles. The third kappa shape index (κ3) is 2.53. The first-order chi connectivity index (χ1) is 8.31. The minimum absolute atomic E-state index is 0.735. The second-order valence-corrected chi connectivity index (χ2v) is 4.58. The fraction of sp³-hybridized carbons (Fsp3) is 0.385. The van der Waals surface area contributed by atoms with Gasteiger partial charge in [-0.15, -0.1) is 0 Å². The van der Waals surface area contributed by atoms with Gasteiger partial charge in [-0.1, -0.05) is 0 Å². The Kier molecular flexibility index (Phi) is 2.65. The molecule has 1 N–H and O–H groups in total. The summed E-state index contributed by atoms with van der Waals surface area (Å²) in [5.41, 5.74) is 2.27. The molecule has 2 aromatic heterocycles. The summed E-state index contributed by atoms with van der Waals surface area (Å²) in [5.74, 6) is 0.883. The second kappa shape index (κ2) is 4.30. The Morgan fingerprint density at radius 2 is 2.29 bits per heavy atom. The second-order valence-electron chi connectivity index (χ2n) is 4.58. The molecule has 2 heterocycles. The smallest absolute Gasteiger partial charge is 0.153 e. The highest BCUT2D eigenvalue weighted by molar-refractivity contribution is 5.27. The Hall–Kier alpha value is -1.68. The zero-order valence-electron chi connectivity index (χ0n) is 9.93. The van der Waals surface area contributed by atoms with Crippen LogP contribution < -0.4 is 5.32 Å². The van der Waals surface area contributed by atoms with Gasteiger partial charge in [0.05, 0.1) is 5.69 Å². The highest BCUT2D eigenvalue weighted by Crippen LogP contribution is 2.19. The summed E-state index contributed by atoms with van der Waals surface area (Å²) in [6, 6.07) is 6.85. The van der Waals surface area contributed by atoms with Crippen LogP contribution in [0.5, 0.6) is 0 Å². The lowest BCUT2D eigenvalue weighted by Gasteiger charge is -2.05. The van der Waals surface area contributed by atoms with E-state index in [1.807, 2.05) is 30.1 Å². The first-order valence-electron chi connectivity index (χ1n) is 6.02. The van der Waals surface area contributed by atoms with Crippen molar-refractivity contribution in [3.63, 3.8) is 0 Å². The van der Waals surface area contributed by atoms with E-state index in [1.165, 1.54) is 18.4 Å². The molecule has 0 unspecified atom stereocenters. The van der Waals surface area contributed by atoms with Crippen molar-refractivity contribution < 1.29 is 0 Å². The van der Waals surface area contributed by atoms with E-state index in [1.54, 1.807) is 0 Å². The number of rotatable bonds is 4. The molecule has 0 aliphatic heterocycles. The van der Waals surface area contributed by atoms with Gasteiger partial charge in [-0.2, -0.15) is 5.10 Å². The monoisotopic (exact) mass is 228 g/mol. The zero-order chi connectivity index (χ0) is 11.7. The zero-order valence-corrected chi connectivity index (χ0v) is 9.93. The predicted molar refractivity (Wildman–Crippen MR) is 66.0 cm³/mol. The maximum atomic E-state index is 4.36. The van der Waals surface area contributed by atoms with Crippen molar-refractivity contribution in [3.8, 4) is 5.82 Å². The van der Waals surface area contributed by atoms with Gasteiger partial charge in [0.2, 0.25) is 0 Å². The molecule has 0 atom stereocenters. The fourth-order valence-electron chi connectivity index (χ4n) is 1.79. The van der Waals surface area contributed by atoms with Crippen molar-refractivity contribution >= 4 is 0 Å². The molecule has 17 heavy (non-hydrogen) atoms. The maximum Gasteiger partial charge on any atom is 0.153 e. The number of aromatic nitrogens is 3. The largest absolute Gasteiger partial charge is 0.310 e. The van der Waals surface area contributed by atoms with E-state index in [9.17, 15) is 0 Å². The molecule has 1 aliphatic carbocycles. The summed E-state index contributed by atoms with van der Waals surface area (Å²) in [6.45, 7) is 2.90. The van der Waals surface area contributed by atoms with Crippen molar-refractivity contribution in [2.24, 2.45) is 0 Å². The fourth-order valence-corrected chi connectivity index (χ4v) is 1.79. The molecule has 1 fully saturated rings. The number of nitrogens with one attached hydrogen (secondary N) is 1. The molecule has 0 amide bonds. The molecule has 0 bridgehead atoms. The minimum Gasteiger partial charge on any atom is -0.310 e. The van der Waals surface area contributed by atoms with Gasteiger partial charge in [0.1, 0.15) is 0 Å². The van der Waals surface area contributed by atoms with Gasteiger partial charge < -0.3 is 5.32 Å². The van der Waals surface area contributed by atoms with Crippen LogP contribution in [0.1, 0.15) is 24.1 Å². The van der Waals surface area contributed by atoms with E-state index in [0.717, 1.165) is 24.1 Å². The quantitative estimate of drug-likeness (QED) is 0.868. The number of aryl methyl sites for hydroxylation is 1. The van der Waals surface area contributed by atoms with E-state index in [0.29, 0.717) is 0 Å². The van der Waals surface area contributed by atoms with Crippen LogP contribution in [0.2, 0.25) is 0 Å². The third-order valence-electron chi connectivity index (χ3n) is 2.94. The van der Waals surface area contributed by atoms with E-state index in [-0.39, 0.29) is 0 Å². The maximum absolute atomic E-state index is 4.36. The Bertz CT molecular complexity index is 514. The van der Waals surface area contributed by atoms with Crippen LogP contribution in [-0.4, -0.2) is 20.8 Å². The van der Waals surface area contributed by atoms with Gasteiger partial charge in [-0.3, -0.25) is 0 Å². The molecular formula is C13H16N4. The Balaban J connectivity index is 1.77. The van der Waals surface area contributed by atoms with Crippen LogP contribution in [0, 0.1) is 6.92 Å². The highest BCUT2D eigenvalue weighted by atomic mass is 15.3. The minimum atomic E-state index is 0.735.